The Labute approximate surface area is 109 Å². The fourth-order valence-corrected chi connectivity index (χ4v) is 2.07. The fraction of sp³-hybridized carbons (Fsp3) is 0.333. The average molecular weight is 241 g/mol. The third-order valence-electron chi connectivity index (χ3n) is 3.11. The van der Waals surface area contributed by atoms with Crippen molar-refractivity contribution in [3.8, 4) is 0 Å². The first kappa shape index (κ1) is 12.6. The molecule has 2 heterocycles. The van der Waals surface area contributed by atoms with Gasteiger partial charge in [0.05, 0.1) is 0 Å². The highest BCUT2D eigenvalue weighted by Crippen LogP contribution is 2.18. The van der Waals surface area contributed by atoms with Crippen molar-refractivity contribution in [2.45, 2.75) is 20.3 Å². The van der Waals surface area contributed by atoms with Gasteiger partial charge in [0.1, 0.15) is 5.84 Å². The number of aliphatic imine (C=N–C) groups is 1. The lowest BCUT2D eigenvalue weighted by Gasteiger charge is -2.21. The van der Waals surface area contributed by atoms with Gasteiger partial charge in [0.2, 0.25) is 0 Å². The molecule has 0 amide bonds. The molecule has 0 bridgehead atoms. The molecule has 0 fully saturated rings. The van der Waals surface area contributed by atoms with Crippen LogP contribution >= 0.6 is 0 Å². The Bertz CT molecular complexity index is 468. The molecule has 3 heteroatoms. The highest BCUT2D eigenvalue weighted by Gasteiger charge is 2.08. The van der Waals surface area contributed by atoms with Crippen molar-refractivity contribution in [2.75, 3.05) is 13.1 Å². The smallest absolute Gasteiger partial charge is 0.108 e. The molecule has 0 radical (unpaired) electrons. The van der Waals surface area contributed by atoms with Crippen LogP contribution in [0.3, 0.4) is 0 Å². The predicted octanol–water partition coefficient (Wildman–Crippen LogP) is 3.12. The van der Waals surface area contributed by atoms with Crippen molar-refractivity contribution in [1.82, 2.24) is 9.88 Å². The van der Waals surface area contributed by atoms with Crippen LogP contribution < -0.4 is 0 Å². The van der Waals surface area contributed by atoms with E-state index in [9.17, 15) is 0 Å². The first-order valence-corrected chi connectivity index (χ1v) is 6.43. The van der Waals surface area contributed by atoms with Gasteiger partial charge in [0.15, 0.2) is 0 Å². The lowest BCUT2D eigenvalue weighted by atomic mass is 10.1. The predicted molar refractivity (Wildman–Crippen MR) is 76.3 cm³/mol. The van der Waals surface area contributed by atoms with E-state index < -0.39 is 0 Å². The summed E-state index contributed by atoms with van der Waals surface area (Å²) in [5, 5.41) is 0. The zero-order valence-electron chi connectivity index (χ0n) is 11.0. The van der Waals surface area contributed by atoms with Gasteiger partial charge >= 0.3 is 0 Å². The molecule has 0 saturated carbocycles. The van der Waals surface area contributed by atoms with E-state index in [1.54, 1.807) is 6.20 Å². The SMILES string of the molecule is CCN(CC)C1=NC=CC(c2cccnc2)=CC1. The number of hydrogen-bond acceptors (Lipinski definition) is 3. The Morgan fingerprint density at radius 2 is 2.11 bits per heavy atom. The van der Waals surface area contributed by atoms with Crippen molar-refractivity contribution >= 4 is 11.4 Å². The second-order valence-corrected chi connectivity index (χ2v) is 4.14. The van der Waals surface area contributed by atoms with Gasteiger partial charge in [0.25, 0.3) is 0 Å². The topological polar surface area (TPSA) is 28.5 Å². The summed E-state index contributed by atoms with van der Waals surface area (Å²) in [6, 6.07) is 4.03. The summed E-state index contributed by atoms with van der Waals surface area (Å²) in [6.07, 6.45) is 10.7. The van der Waals surface area contributed by atoms with Crippen LogP contribution in [-0.4, -0.2) is 28.8 Å². The Morgan fingerprint density at radius 3 is 2.78 bits per heavy atom. The maximum absolute atomic E-state index is 4.53. The number of amidine groups is 1. The molecular weight excluding hydrogens is 222 g/mol. The van der Waals surface area contributed by atoms with E-state index in [2.05, 4.69) is 40.9 Å². The molecule has 0 N–H and O–H groups in total. The summed E-state index contributed by atoms with van der Waals surface area (Å²) < 4.78 is 0. The molecule has 2 rings (SSSR count). The van der Waals surface area contributed by atoms with Crippen molar-refractivity contribution in [2.24, 2.45) is 4.99 Å². The highest BCUT2D eigenvalue weighted by atomic mass is 15.2. The van der Waals surface area contributed by atoms with E-state index in [1.165, 1.54) is 5.57 Å². The molecule has 1 aliphatic rings. The second kappa shape index (κ2) is 6.15. The van der Waals surface area contributed by atoms with E-state index in [1.807, 2.05) is 24.5 Å². The third kappa shape index (κ3) is 2.86. The summed E-state index contributed by atoms with van der Waals surface area (Å²) in [5.41, 5.74) is 2.33. The largest absolute Gasteiger partial charge is 0.360 e. The van der Waals surface area contributed by atoms with Gasteiger partial charge in [-0.2, -0.15) is 0 Å². The van der Waals surface area contributed by atoms with Crippen LogP contribution in [0.5, 0.6) is 0 Å². The van der Waals surface area contributed by atoms with Crippen LogP contribution in [-0.2, 0) is 0 Å². The van der Waals surface area contributed by atoms with Crippen molar-refractivity contribution in [3.05, 3.63) is 48.4 Å². The van der Waals surface area contributed by atoms with Crippen molar-refractivity contribution in [1.29, 1.82) is 0 Å². The Hall–Kier alpha value is -1.90. The number of pyridine rings is 1. The molecule has 1 aromatic rings. The number of rotatable bonds is 3. The quantitative estimate of drug-likeness (QED) is 0.813. The van der Waals surface area contributed by atoms with Crippen LogP contribution in [0.2, 0.25) is 0 Å². The Morgan fingerprint density at radius 1 is 1.28 bits per heavy atom. The van der Waals surface area contributed by atoms with Crippen LogP contribution in [0.15, 0.2) is 47.9 Å². The molecule has 0 aromatic carbocycles. The zero-order chi connectivity index (χ0) is 12.8. The van der Waals surface area contributed by atoms with Crippen molar-refractivity contribution in [3.63, 3.8) is 0 Å². The normalized spacial score (nSPS) is 14.8. The molecule has 0 spiro atoms. The maximum Gasteiger partial charge on any atom is 0.108 e. The van der Waals surface area contributed by atoms with Gasteiger partial charge in [-0.1, -0.05) is 12.1 Å². The first-order chi connectivity index (χ1) is 8.85. The molecule has 0 unspecified atom stereocenters. The Kier molecular flexibility index (Phi) is 4.29. The lowest BCUT2D eigenvalue weighted by Crippen LogP contribution is -2.29. The van der Waals surface area contributed by atoms with Gasteiger partial charge in [-0.25, -0.2) is 4.99 Å². The molecule has 0 saturated heterocycles. The van der Waals surface area contributed by atoms with Gasteiger partial charge < -0.3 is 4.90 Å². The monoisotopic (exact) mass is 241 g/mol. The van der Waals surface area contributed by atoms with Crippen LogP contribution in [0, 0.1) is 0 Å². The molecule has 94 valence electrons. The summed E-state index contributed by atoms with van der Waals surface area (Å²) in [6.45, 7) is 6.32. The van der Waals surface area contributed by atoms with Gasteiger partial charge in [-0.05, 0) is 37.1 Å². The highest BCUT2D eigenvalue weighted by molar-refractivity contribution is 5.88. The lowest BCUT2D eigenvalue weighted by molar-refractivity contribution is 0.459. The maximum atomic E-state index is 4.53. The van der Waals surface area contributed by atoms with E-state index in [0.29, 0.717) is 0 Å². The number of hydrogen-bond donors (Lipinski definition) is 0. The molecule has 1 aromatic heterocycles. The summed E-state index contributed by atoms with van der Waals surface area (Å²) in [5.74, 6) is 1.13. The van der Waals surface area contributed by atoms with E-state index in [0.717, 1.165) is 30.9 Å². The summed E-state index contributed by atoms with van der Waals surface area (Å²) in [7, 11) is 0. The summed E-state index contributed by atoms with van der Waals surface area (Å²) in [4.78, 5) is 11.0. The van der Waals surface area contributed by atoms with E-state index >= 15 is 0 Å². The molecule has 18 heavy (non-hydrogen) atoms. The number of allylic oxidation sites excluding steroid dienone is 2. The molecule has 0 atom stereocenters. The molecule has 0 aliphatic carbocycles. The third-order valence-corrected chi connectivity index (χ3v) is 3.11. The van der Waals surface area contributed by atoms with Crippen LogP contribution in [0.25, 0.3) is 5.57 Å². The van der Waals surface area contributed by atoms with E-state index in [4.69, 9.17) is 0 Å². The van der Waals surface area contributed by atoms with Crippen molar-refractivity contribution < 1.29 is 0 Å². The first-order valence-electron chi connectivity index (χ1n) is 6.43. The van der Waals surface area contributed by atoms with Gasteiger partial charge in [0, 0.05) is 38.1 Å². The second-order valence-electron chi connectivity index (χ2n) is 4.14. The number of nitrogens with zero attached hydrogens (tertiary/aromatic N) is 3. The minimum atomic E-state index is 0.874. The standard InChI is InChI=1S/C15H19N3/c1-3-18(4-2)15-8-7-13(9-11-17-15)14-6-5-10-16-12-14/h5-7,9-12H,3-4,8H2,1-2H3. The minimum absolute atomic E-state index is 0.874. The number of aromatic nitrogens is 1. The average Bonchev–Trinajstić information content (AvgIpc) is 2.67. The fourth-order valence-electron chi connectivity index (χ4n) is 2.07. The molecule has 3 nitrogen and oxygen atoms in total. The zero-order valence-corrected chi connectivity index (χ0v) is 11.0. The van der Waals surface area contributed by atoms with Gasteiger partial charge in [-0.3, -0.25) is 4.98 Å². The minimum Gasteiger partial charge on any atom is -0.360 e. The summed E-state index contributed by atoms with van der Waals surface area (Å²) >= 11 is 0. The van der Waals surface area contributed by atoms with E-state index in [-0.39, 0.29) is 0 Å². The van der Waals surface area contributed by atoms with Crippen LogP contribution in [0.4, 0.5) is 0 Å². The Balaban J connectivity index is 2.17. The molecule has 1 aliphatic heterocycles. The molecular formula is C15H19N3. The van der Waals surface area contributed by atoms with Gasteiger partial charge in [-0.15, -0.1) is 0 Å². The van der Waals surface area contributed by atoms with Crippen LogP contribution in [0.1, 0.15) is 25.8 Å².